The van der Waals surface area contributed by atoms with Crippen LogP contribution < -0.4 is 5.32 Å². The van der Waals surface area contributed by atoms with E-state index >= 15 is 0 Å². The first kappa shape index (κ1) is 16.6. The Kier molecular flexibility index (Phi) is 4.73. The maximum atomic E-state index is 13.8. The molecule has 3 aromatic rings. The smallest absolute Gasteiger partial charge is 0.295 e. The highest BCUT2D eigenvalue weighted by atomic mass is 35.5. The molecule has 0 aliphatic heterocycles. The number of aromatic nitrogens is 3. The van der Waals surface area contributed by atoms with Crippen molar-refractivity contribution in [2.24, 2.45) is 0 Å². The molecule has 2 aromatic carbocycles. The molecule has 124 valence electrons. The van der Waals surface area contributed by atoms with Gasteiger partial charge in [0.15, 0.2) is 5.82 Å². The minimum atomic E-state index is -0.717. The van der Waals surface area contributed by atoms with Gasteiger partial charge in [-0.25, -0.2) is 14.1 Å². The standard InChI is InChI=1S/C17H11ClFN5O/c18-13-5-2-6-14(15(13)19)22-17(25)16-21-10-24(23-16)9-12-4-1-3-11(7-12)8-20/h1-7,10H,9H2,(H,22,25). The van der Waals surface area contributed by atoms with Crippen LogP contribution in [0.1, 0.15) is 21.7 Å². The minimum absolute atomic E-state index is 0.0458. The number of nitriles is 1. The predicted molar refractivity (Wildman–Crippen MR) is 89.6 cm³/mol. The van der Waals surface area contributed by atoms with Crippen molar-refractivity contribution in [3.63, 3.8) is 0 Å². The maximum Gasteiger partial charge on any atom is 0.295 e. The summed E-state index contributed by atoms with van der Waals surface area (Å²) >= 11 is 5.68. The average molecular weight is 356 g/mol. The molecular formula is C17H11ClFN5O. The molecule has 0 bridgehead atoms. The van der Waals surface area contributed by atoms with Gasteiger partial charge in [0.1, 0.15) is 6.33 Å². The van der Waals surface area contributed by atoms with E-state index in [1.54, 1.807) is 18.2 Å². The zero-order valence-corrected chi connectivity index (χ0v) is 13.5. The fraction of sp³-hybridized carbons (Fsp3) is 0.0588. The summed E-state index contributed by atoms with van der Waals surface area (Å²) in [6.07, 6.45) is 1.39. The van der Waals surface area contributed by atoms with Crippen LogP contribution in [0.15, 0.2) is 48.8 Å². The van der Waals surface area contributed by atoms with Crippen LogP contribution in [-0.4, -0.2) is 20.7 Å². The van der Waals surface area contributed by atoms with Gasteiger partial charge in [-0.1, -0.05) is 29.8 Å². The maximum absolute atomic E-state index is 13.8. The number of carbonyl (C=O) groups is 1. The van der Waals surface area contributed by atoms with E-state index in [-0.39, 0.29) is 16.5 Å². The first-order valence-electron chi connectivity index (χ1n) is 7.20. The van der Waals surface area contributed by atoms with Gasteiger partial charge in [-0.3, -0.25) is 4.79 Å². The van der Waals surface area contributed by atoms with Crippen LogP contribution in [0.2, 0.25) is 5.02 Å². The second kappa shape index (κ2) is 7.11. The summed E-state index contributed by atoms with van der Waals surface area (Å²) in [5.74, 6) is -1.47. The lowest BCUT2D eigenvalue weighted by molar-refractivity contribution is 0.101. The monoisotopic (exact) mass is 355 g/mol. The van der Waals surface area contributed by atoms with Crippen molar-refractivity contribution in [1.82, 2.24) is 14.8 Å². The number of nitrogens with one attached hydrogen (secondary N) is 1. The zero-order chi connectivity index (χ0) is 17.8. The molecule has 0 saturated heterocycles. The summed E-state index contributed by atoms with van der Waals surface area (Å²) in [6, 6.07) is 13.4. The van der Waals surface area contributed by atoms with Gasteiger partial charge in [0.05, 0.1) is 28.9 Å². The quantitative estimate of drug-likeness (QED) is 0.778. The molecule has 0 fully saturated rings. The molecule has 0 saturated carbocycles. The van der Waals surface area contributed by atoms with E-state index in [2.05, 4.69) is 21.5 Å². The van der Waals surface area contributed by atoms with Crippen molar-refractivity contribution in [1.29, 1.82) is 5.26 Å². The van der Waals surface area contributed by atoms with Crippen molar-refractivity contribution in [3.05, 3.63) is 76.6 Å². The second-order valence-electron chi connectivity index (χ2n) is 5.13. The number of benzene rings is 2. The van der Waals surface area contributed by atoms with Gasteiger partial charge in [-0.15, -0.1) is 5.10 Å². The van der Waals surface area contributed by atoms with Gasteiger partial charge in [-0.05, 0) is 29.8 Å². The lowest BCUT2D eigenvalue weighted by Gasteiger charge is -2.05. The van der Waals surface area contributed by atoms with Crippen LogP contribution in [0.4, 0.5) is 10.1 Å². The van der Waals surface area contributed by atoms with E-state index in [9.17, 15) is 9.18 Å². The van der Waals surface area contributed by atoms with Crippen LogP contribution in [-0.2, 0) is 6.54 Å². The van der Waals surface area contributed by atoms with E-state index in [0.717, 1.165) is 5.56 Å². The molecule has 0 radical (unpaired) electrons. The van der Waals surface area contributed by atoms with Gasteiger partial charge in [-0.2, -0.15) is 5.26 Å². The Hall–Kier alpha value is -3.24. The molecule has 1 aromatic heterocycles. The molecule has 0 unspecified atom stereocenters. The fourth-order valence-corrected chi connectivity index (χ4v) is 2.35. The van der Waals surface area contributed by atoms with Crippen molar-refractivity contribution in [3.8, 4) is 6.07 Å². The van der Waals surface area contributed by atoms with Crippen LogP contribution in [0.5, 0.6) is 0 Å². The molecule has 0 aliphatic rings. The number of amides is 1. The SMILES string of the molecule is N#Cc1cccc(Cn2cnc(C(=O)Nc3cccc(Cl)c3F)n2)c1. The molecule has 25 heavy (non-hydrogen) atoms. The van der Waals surface area contributed by atoms with Crippen LogP contribution >= 0.6 is 11.6 Å². The Morgan fingerprint density at radius 1 is 1.32 bits per heavy atom. The third-order valence-corrected chi connectivity index (χ3v) is 3.63. The van der Waals surface area contributed by atoms with E-state index in [1.165, 1.54) is 29.2 Å². The van der Waals surface area contributed by atoms with Crippen molar-refractivity contribution < 1.29 is 9.18 Å². The van der Waals surface area contributed by atoms with Gasteiger partial charge < -0.3 is 5.32 Å². The van der Waals surface area contributed by atoms with Crippen LogP contribution in [0.3, 0.4) is 0 Å². The molecule has 0 aliphatic carbocycles. The van der Waals surface area contributed by atoms with E-state index < -0.39 is 11.7 Å². The molecule has 1 heterocycles. The molecule has 8 heteroatoms. The Morgan fingerprint density at radius 2 is 2.12 bits per heavy atom. The van der Waals surface area contributed by atoms with Gasteiger partial charge in [0.2, 0.25) is 5.82 Å². The summed E-state index contributed by atoms with van der Waals surface area (Å²) in [5, 5.41) is 15.3. The van der Waals surface area contributed by atoms with E-state index in [0.29, 0.717) is 12.1 Å². The topological polar surface area (TPSA) is 83.6 Å². The van der Waals surface area contributed by atoms with Crippen molar-refractivity contribution in [2.45, 2.75) is 6.54 Å². The number of nitrogens with zero attached hydrogens (tertiary/aromatic N) is 4. The summed E-state index contributed by atoms with van der Waals surface area (Å²) in [7, 11) is 0. The zero-order valence-electron chi connectivity index (χ0n) is 12.8. The average Bonchev–Trinajstić information content (AvgIpc) is 3.08. The molecule has 1 amide bonds. The summed E-state index contributed by atoms with van der Waals surface area (Å²) in [6.45, 7) is 0.349. The van der Waals surface area contributed by atoms with E-state index in [4.69, 9.17) is 16.9 Å². The molecule has 1 N–H and O–H groups in total. The number of halogens is 2. The third kappa shape index (κ3) is 3.82. The fourth-order valence-electron chi connectivity index (χ4n) is 2.18. The van der Waals surface area contributed by atoms with Gasteiger partial charge in [0, 0.05) is 0 Å². The largest absolute Gasteiger partial charge is 0.317 e. The van der Waals surface area contributed by atoms with Crippen LogP contribution in [0.25, 0.3) is 0 Å². The lowest BCUT2D eigenvalue weighted by atomic mass is 10.1. The number of hydrogen-bond donors (Lipinski definition) is 1. The molecule has 6 nitrogen and oxygen atoms in total. The van der Waals surface area contributed by atoms with Crippen molar-refractivity contribution in [2.75, 3.05) is 5.32 Å². The predicted octanol–water partition coefficient (Wildman–Crippen LogP) is 3.24. The third-order valence-electron chi connectivity index (χ3n) is 3.34. The molecule has 0 atom stereocenters. The first-order chi connectivity index (χ1) is 12.1. The highest BCUT2D eigenvalue weighted by molar-refractivity contribution is 6.31. The molecular weight excluding hydrogens is 345 g/mol. The number of carbonyl (C=O) groups excluding carboxylic acids is 1. The van der Waals surface area contributed by atoms with E-state index in [1.807, 2.05) is 6.07 Å². The Balaban J connectivity index is 1.73. The lowest BCUT2D eigenvalue weighted by Crippen LogP contribution is -2.15. The number of rotatable bonds is 4. The molecule has 0 spiro atoms. The first-order valence-corrected chi connectivity index (χ1v) is 7.58. The number of anilines is 1. The Bertz CT molecular complexity index is 979. The van der Waals surface area contributed by atoms with Crippen LogP contribution in [0, 0.1) is 17.1 Å². The highest BCUT2D eigenvalue weighted by Crippen LogP contribution is 2.22. The normalized spacial score (nSPS) is 10.3. The van der Waals surface area contributed by atoms with Gasteiger partial charge >= 0.3 is 0 Å². The van der Waals surface area contributed by atoms with Gasteiger partial charge in [0.25, 0.3) is 5.91 Å². The highest BCUT2D eigenvalue weighted by Gasteiger charge is 2.15. The number of hydrogen-bond acceptors (Lipinski definition) is 4. The Morgan fingerprint density at radius 3 is 2.92 bits per heavy atom. The van der Waals surface area contributed by atoms with Crippen molar-refractivity contribution >= 4 is 23.2 Å². The Labute approximate surface area is 147 Å². The summed E-state index contributed by atoms with van der Waals surface area (Å²) in [4.78, 5) is 16.1. The second-order valence-corrected chi connectivity index (χ2v) is 5.54. The molecule has 3 rings (SSSR count). The minimum Gasteiger partial charge on any atom is -0.317 e. The summed E-state index contributed by atoms with van der Waals surface area (Å²) < 4.78 is 15.3. The summed E-state index contributed by atoms with van der Waals surface area (Å²) in [5.41, 5.74) is 1.33.